The summed E-state index contributed by atoms with van der Waals surface area (Å²) in [6.45, 7) is 1.90. The fourth-order valence-corrected chi connectivity index (χ4v) is 2.80. The maximum atomic E-state index is 12.5. The Bertz CT molecular complexity index is 891. The number of hydrogen-bond donors (Lipinski definition) is 2. The van der Waals surface area contributed by atoms with Crippen molar-refractivity contribution in [1.29, 1.82) is 0 Å². The van der Waals surface area contributed by atoms with E-state index in [1.807, 2.05) is 16.8 Å². The summed E-state index contributed by atoms with van der Waals surface area (Å²) in [6.07, 6.45) is 3.17. The third-order valence-corrected chi connectivity index (χ3v) is 3.87. The average Bonchev–Trinajstić information content (AvgIpc) is 3.12. The Balaban J connectivity index is 2.17. The number of pyridine rings is 1. The first-order valence-corrected chi connectivity index (χ1v) is 8.14. The summed E-state index contributed by atoms with van der Waals surface area (Å²) < 4.78 is 5.12. The lowest BCUT2D eigenvalue weighted by Gasteiger charge is -2.13. The molecule has 0 aliphatic heterocycles. The topological polar surface area (TPSA) is 97.0 Å². The second-order valence-electron chi connectivity index (χ2n) is 4.75. The molecule has 122 valence electrons. The van der Waals surface area contributed by atoms with Gasteiger partial charge in [-0.2, -0.15) is 16.4 Å². The van der Waals surface area contributed by atoms with Crippen LogP contribution < -0.4 is 10.9 Å². The van der Waals surface area contributed by atoms with E-state index in [1.165, 1.54) is 11.3 Å². The van der Waals surface area contributed by atoms with E-state index in [2.05, 4.69) is 20.5 Å². The fraction of sp³-hybridized carbons (Fsp3) is 0.125. The number of aromatic amines is 1. The first-order valence-electron chi connectivity index (χ1n) is 7.20. The van der Waals surface area contributed by atoms with Crippen LogP contribution in [0.1, 0.15) is 17.3 Å². The molecule has 0 radical (unpaired) electrons. The van der Waals surface area contributed by atoms with Gasteiger partial charge in [0.15, 0.2) is 0 Å². The van der Waals surface area contributed by atoms with Crippen LogP contribution in [0.5, 0.6) is 0 Å². The Morgan fingerprint density at radius 1 is 1.42 bits per heavy atom. The summed E-state index contributed by atoms with van der Waals surface area (Å²) in [6, 6.07) is 5.29. The van der Waals surface area contributed by atoms with Gasteiger partial charge < -0.3 is 10.1 Å². The number of nitrogens with one attached hydrogen (secondary N) is 2. The molecule has 0 aliphatic carbocycles. The molecule has 8 heteroatoms. The van der Waals surface area contributed by atoms with Gasteiger partial charge in [0.05, 0.1) is 18.5 Å². The lowest BCUT2D eigenvalue weighted by Crippen LogP contribution is -2.21. The molecule has 0 atom stereocenters. The van der Waals surface area contributed by atoms with Crippen molar-refractivity contribution in [2.45, 2.75) is 6.92 Å². The normalized spacial score (nSPS) is 10.4. The molecule has 7 nitrogen and oxygen atoms in total. The van der Waals surface area contributed by atoms with Crippen LogP contribution in [0.2, 0.25) is 0 Å². The molecule has 0 fully saturated rings. The molecule has 24 heavy (non-hydrogen) atoms. The SMILES string of the molecule is CCOC(=O)c1c(-c2ccsc2)n[nH]c(=O)c1Nc1cccnc1. The number of esters is 1. The zero-order valence-electron chi connectivity index (χ0n) is 12.8. The van der Waals surface area contributed by atoms with Crippen LogP contribution in [-0.2, 0) is 4.74 Å². The third-order valence-electron chi connectivity index (χ3n) is 3.19. The van der Waals surface area contributed by atoms with Gasteiger partial charge in [0.1, 0.15) is 16.9 Å². The van der Waals surface area contributed by atoms with Crippen LogP contribution >= 0.6 is 11.3 Å². The molecule has 0 aliphatic rings. The molecule has 0 spiro atoms. The van der Waals surface area contributed by atoms with E-state index in [9.17, 15) is 9.59 Å². The van der Waals surface area contributed by atoms with Crippen molar-refractivity contribution in [2.75, 3.05) is 11.9 Å². The molecule has 3 heterocycles. The summed E-state index contributed by atoms with van der Waals surface area (Å²) in [5.74, 6) is -0.608. The van der Waals surface area contributed by atoms with Gasteiger partial charge >= 0.3 is 5.97 Å². The third kappa shape index (κ3) is 3.18. The summed E-state index contributed by atoms with van der Waals surface area (Å²) in [7, 11) is 0. The van der Waals surface area contributed by atoms with Crippen LogP contribution in [0, 0.1) is 0 Å². The molecule has 0 unspecified atom stereocenters. The molecule has 3 aromatic heterocycles. The smallest absolute Gasteiger partial charge is 0.342 e. The molecular weight excluding hydrogens is 328 g/mol. The zero-order chi connectivity index (χ0) is 16.9. The highest BCUT2D eigenvalue weighted by atomic mass is 32.1. The van der Waals surface area contributed by atoms with Crippen LogP contribution in [0.4, 0.5) is 11.4 Å². The van der Waals surface area contributed by atoms with Gasteiger partial charge in [-0.05, 0) is 30.5 Å². The average molecular weight is 342 g/mol. The van der Waals surface area contributed by atoms with Crippen LogP contribution in [0.25, 0.3) is 11.3 Å². The molecule has 0 amide bonds. The minimum atomic E-state index is -0.608. The lowest BCUT2D eigenvalue weighted by molar-refractivity contribution is 0.0527. The fourth-order valence-electron chi connectivity index (χ4n) is 2.16. The van der Waals surface area contributed by atoms with Crippen LogP contribution in [0.15, 0.2) is 46.1 Å². The largest absolute Gasteiger partial charge is 0.462 e. The number of nitrogens with zero attached hydrogens (tertiary/aromatic N) is 2. The van der Waals surface area contributed by atoms with Crippen molar-refractivity contribution in [3.05, 3.63) is 57.3 Å². The van der Waals surface area contributed by atoms with Gasteiger partial charge in [0, 0.05) is 17.1 Å². The Labute approximate surface area is 141 Å². The predicted molar refractivity (Wildman–Crippen MR) is 91.6 cm³/mol. The highest BCUT2D eigenvalue weighted by Crippen LogP contribution is 2.28. The van der Waals surface area contributed by atoms with Gasteiger partial charge in [0.25, 0.3) is 5.56 Å². The molecule has 3 rings (SSSR count). The predicted octanol–water partition coefficient (Wildman–Crippen LogP) is 2.81. The Morgan fingerprint density at radius 3 is 2.96 bits per heavy atom. The molecule has 0 saturated carbocycles. The van der Waals surface area contributed by atoms with Crippen LogP contribution in [0.3, 0.4) is 0 Å². The van der Waals surface area contributed by atoms with E-state index in [0.29, 0.717) is 11.4 Å². The highest BCUT2D eigenvalue weighted by Gasteiger charge is 2.23. The molecular formula is C16H14N4O3S. The number of thiophene rings is 1. The van der Waals surface area contributed by atoms with E-state index in [4.69, 9.17) is 4.74 Å². The summed E-state index contributed by atoms with van der Waals surface area (Å²) in [5, 5.41) is 13.1. The maximum absolute atomic E-state index is 12.5. The minimum Gasteiger partial charge on any atom is -0.462 e. The Morgan fingerprint density at radius 2 is 2.29 bits per heavy atom. The summed E-state index contributed by atoms with van der Waals surface area (Å²) in [5.41, 5.74) is 1.34. The Hall–Kier alpha value is -3.00. The first kappa shape index (κ1) is 15.9. The number of aromatic nitrogens is 3. The zero-order valence-corrected chi connectivity index (χ0v) is 13.6. The van der Waals surface area contributed by atoms with Crippen molar-refractivity contribution in [3.63, 3.8) is 0 Å². The quantitative estimate of drug-likeness (QED) is 0.692. The van der Waals surface area contributed by atoms with Gasteiger partial charge in [-0.1, -0.05) is 0 Å². The van der Waals surface area contributed by atoms with E-state index >= 15 is 0 Å². The number of ether oxygens (including phenoxy) is 1. The summed E-state index contributed by atoms with van der Waals surface area (Å²) >= 11 is 1.47. The van der Waals surface area contributed by atoms with E-state index in [-0.39, 0.29) is 17.9 Å². The standard InChI is InChI=1S/C16H14N4O3S/c1-2-23-16(22)12-13(10-5-7-24-9-10)19-20-15(21)14(12)18-11-4-3-6-17-8-11/h3-9H,2H2,1H3,(H,18,19)(H,20,21). The van der Waals surface area contributed by atoms with Gasteiger partial charge in [0.2, 0.25) is 0 Å². The lowest BCUT2D eigenvalue weighted by atomic mass is 10.1. The van der Waals surface area contributed by atoms with E-state index in [0.717, 1.165) is 5.56 Å². The number of H-pyrrole nitrogens is 1. The monoisotopic (exact) mass is 342 g/mol. The number of rotatable bonds is 5. The molecule has 0 aromatic carbocycles. The van der Waals surface area contributed by atoms with Gasteiger partial charge in [-0.3, -0.25) is 9.78 Å². The van der Waals surface area contributed by atoms with E-state index < -0.39 is 11.5 Å². The van der Waals surface area contributed by atoms with Gasteiger partial charge in [-0.25, -0.2) is 9.89 Å². The first-order chi connectivity index (χ1) is 11.7. The number of carbonyl (C=O) groups excluding carboxylic acids is 1. The second kappa shape index (κ2) is 7.05. The maximum Gasteiger partial charge on any atom is 0.342 e. The summed E-state index contributed by atoms with van der Waals surface area (Å²) in [4.78, 5) is 28.7. The molecule has 3 aromatic rings. The minimum absolute atomic E-state index is 0.0812. The van der Waals surface area contributed by atoms with Crippen molar-refractivity contribution in [1.82, 2.24) is 15.2 Å². The van der Waals surface area contributed by atoms with Crippen molar-refractivity contribution < 1.29 is 9.53 Å². The van der Waals surface area contributed by atoms with E-state index in [1.54, 1.807) is 31.5 Å². The Kier molecular flexibility index (Phi) is 4.66. The molecule has 0 saturated heterocycles. The second-order valence-corrected chi connectivity index (χ2v) is 5.53. The highest BCUT2D eigenvalue weighted by molar-refractivity contribution is 7.08. The number of hydrogen-bond acceptors (Lipinski definition) is 7. The molecule has 0 bridgehead atoms. The number of anilines is 2. The number of carbonyl (C=O) groups is 1. The van der Waals surface area contributed by atoms with Crippen LogP contribution in [-0.4, -0.2) is 27.8 Å². The van der Waals surface area contributed by atoms with Crippen molar-refractivity contribution in [2.24, 2.45) is 0 Å². The molecule has 2 N–H and O–H groups in total. The van der Waals surface area contributed by atoms with Crippen molar-refractivity contribution in [3.8, 4) is 11.3 Å². The van der Waals surface area contributed by atoms with Gasteiger partial charge in [-0.15, -0.1) is 0 Å². The van der Waals surface area contributed by atoms with Crippen molar-refractivity contribution >= 4 is 28.7 Å².